The van der Waals surface area contributed by atoms with Crippen molar-refractivity contribution in [1.82, 2.24) is 5.32 Å². The van der Waals surface area contributed by atoms with Gasteiger partial charge in [-0.3, -0.25) is 9.10 Å². The van der Waals surface area contributed by atoms with Crippen molar-refractivity contribution in [3.63, 3.8) is 0 Å². The quantitative estimate of drug-likeness (QED) is 0.624. The first-order valence-electron chi connectivity index (χ1n) is 9.74. The zero-order valence-electron chi connectivity index (χ0n) is 17.1. The maximum absolute atomic E-state index is 13.1. The molecule has 0 saturated carbocycles. The van der Waals surface area contributed by atoms with Gasteiger partial charge in [0.1, 0.15) is 5.82 Å². The molecular formula is C22H29FN2O3S. The van der Waals surface area contributed by atoms with E-state index < -0.39 is 15.8 Å². The van der Waals surface area contributed by atoms with E-state index in [0.717, 1.165) is 18.2 Å². The first kappa shape index (κ1) is 22.9. The number of carbonyl (C=O) groups is 1. The number of benzene rings is 2. The van der Waals surface area contributed by atoms with Crippen LogP contribution in [-0.4, -0.2) is 27.1 Å². The number of amides is 1. The fourth-order valence-electron chi connectivity index (χ4n) is 3.18. The maximum Gasteiger partial charge on any atom is 0.232 e. The largest absolute Gasteiger partial charge is 0.349 e. The molecule has 0 spiro atoms. The van der Waals surface area contributed by atoms with Gasteiger partial charge in [0, 0.05) is 13.0 Å². The van der Waals surface area contributed by atoms with E-state index in [9.17, 15) is 17.6 Å². The second kappa shape index (κ2) is 10.4. The third kappa shape index (κ3) is 7.49. The Labute approximate surface area is 173 Å². The van der Waals surface area contributed by atoms with Crippen LogP contribution in [0.4, 0.5) is 10.1 Å². The van der Waals surface area contributed by atoms with Gasteiger partial charge in [0.15, 0.2) is 0 Å². The molecule has 1 N–H and O–H groups in total. The van der Waals surface area contributed by atoms with E-state index in [1.165, 1.54) is 28.6 Å². The highest BCUT2D eigenvalue weighted by Crippen LogP contribution is 2.22. The van der Waals surface area contributed by atoms with Crippen LogP contribution in [0.2, 0.25) is 0 Å². The Morgan fingerprint density at radius 3 is 2.24 bits per heavy atom. The van der Waals surface area contributed by atoms with Crippen LogP contribution in [0.25, 0.3) is 0 Å². The smallest absolute Gasteiger partial charge is 0.232 e. The Morgan fingerprint density at radius 1 is 1.07 bits per heavy atom. The summed E-state index contributed by atoms with van der Waals surface area (Å²) in [7, 11) is -3.53. The Balaban J connectivity index is 1.98. The lowest BCUT2D eigenvalue weighted by Gasteiger charge is -2.23. The molecule has 0 fully saturated rings. The standard InChI is InChI=1S/C22H29FN2O3S/c1-17(2)16-21(18-8-5-4-6-9-18)24-22(26)10-7-15-25(29(3,27)28)20-13-11-19(23)12-14-20/h4-6,8-9,11-14,17,21H,7,10,15-16H2,1-3H3,(H,24,26). The van der Waals surface area contributed by atoms with Crippen LogP contribution in [0.5, 0.6) is 0 Å². The van der Waals surface area contributed by atoms with Crippen molar-refractivity contribution in [2.75, 3.05) is 17.1 Å². The lowest BCUT2D eigenvalue weighted by Crippen LogP contribution is -2.33. The molecule has 0 aliphatic carbocycles. The molecular weight excluding hydrogens is 391 g/mol. The van der Waals surface area contributed by atoms with Gasteiger partial charge < -0.3 is 5.32 Å². The van der Waals surface area contributed by atoms with Crippen LogP contribution in [0.3, 0.4) is 0 Å². The molecule has 0 bridgehead atoms. The highest BCUT2D eigenvalue weighted by atomic mass is 32.2. The zero-order valence-corrected chi connectivity index (χ0v) is 18.0. The van der Waals surface area contributed by atoms with E-state index in [-0.39, 0.29) is 24.9 Å². The topological polar surface area (TPSA) is 66.5 Å². The zero-order chi connectivity index (χ0) is 21.4. The van der Waals surface area contributed by atoms with Crippen LogP contribution in [-0.2, 0) is 14.8 Å². The third-order valence-corrected chi connectivity index (χ3v) is 5.72. The lowest BCUT2D eigenvalue weighted by molar-refractivity contribution is -0.122. The average molecular weight is 421 g/mol. The summed E-state index contributed by atoms with van der Waals surface area (Å²) < 4.78 is 38.5. The number of carbonyl (C=O) groups excluding carboxylic acids is 1. The van der Waals surface area contributed by atoms with Gasteiger partial charge in [-0.2, -0.15) is 0 Å². The van der Waals surface area contributed by atoms with Crippen LogP contribution in [0.1, 0.15) is 44.7 Å². The summed E-state index contributed by atoms with van der Waals surface area (Å²) in [6.45, 7) is 4.36. The molecule has 0 radical (unpaired) electrons. The van der Waals surface area contributed by atoms with Crippen LogP contribution in [0, 0.1) is 11.7 Å². The average Bonchev–Trinajstić information content (AvgIpc) is 2.65. The van der Waals surface area contributed by atoms with E-state index in [1.807, 2.05) is 30.3 Å². The molecule has 0 saturated heterocycles. The second-order valence-corrected chi connectivity index (χ2v) is 9.48. The molecule has 158 valence electrons. The summed E-state index contributed by atoms with van der Waals surface area (Å²) in [6, 6.07) is 15.0. The van der Waals surface area contributed by atoms with Gasteiger partial charge in [0.05, 0.1) is 18.0 Å². The number of nitrogens with zero attached hydrogens (tertiary/aromatic N) is 1. The first-order chi connectivity index (χ1) is 13.7. The van der Waals surface area contributed by atoms with E-state index >= 15 is 0 Å². The normalized spacial score (nSPS) is 12.6. The summed E-state index contributed by atoms with van der Waals surface area (Å²) >= 11 is 0. The predicted octanol–water partition coefficient (Wildman–Crippen LogP) is 4.28. The number of anilines is 1. The second-order valence-electron chi connectivity index (χ2n) is 7.58. The van der Waals surface area contributed by atoms with E-state index in [1.54, 1.807) is 0 Å². The molecule has 0 aliphatic rings. The summed E-state index contributed by atoms with van der Waals surface area (Å²) in [5.41, 5.74) is 1.44. The summed E-state index contributed by atoms with van der Waals surface area (Å²) in [5.74, 6) is -0.134. The SMILES string of the molecule is CC(C)CC(NC(=O)CCCN(c1ccc(F)cc1)S(C)(=O)=O)c1ccccc1. The monoisotopic (exact) mass is 420 g/mol. The Morgan fingerprint density at radius 2 is 1.69 bits per heavy atom. The molecule has 2 aromatic rings. The number of hydrogen-bond donors (Lipinski definition) is 1. The van der Waals surface area contributed by atoms with E-state index in [0.29, 0.717) is 18.0 Å². The number of halogens is 1. The number of nitrogens with one attached hydrogen (secondary N) is 1. The van der Waals surface area contributed by atoms with Crippen molar-refractivity contribution in [3.8, 4) is 0 Å². The van der Waals surface area contributed by atoms with Gasteiger partial charge in [0.2, 0.25) is 15.9 Å². The van der Waals surface area contributed by atoms with Gasteiger partial charge in [-0.1, -0.05) is 44.2 Å². The van der Waals surface area contributed by atoms with Crippen molar-refractivity contribution in [2.24, 2.45) is 5.92 Å². The Hall–Kier alpha value is -2.41. The molecule has 1 amide bonds. The van der Waals surface area contributed by atoms with Gasteiger partial charge in [0.25, 0.3) is 0 Å². The lowest BCUT2D eigenvalue weighted by atomic mass is 9.97. The Kier molecular flexibility index (Phi) is 8.20. The molecule has 1 unspecified atom stereocenters. The highest BCUT2D eigenvalue weighted by Gasteiger charge is 2.19. The van der Waals surface area contributed by atoms with Crippen molar-refractivity contribution < 1.29 is 17.6 Å². The van der Waals surface area contributed by atoms with Crippen LogP contribution in [0.15, 0.2) is 54.6 Å². The fraction of sp³-hybridized carbons (Fsp3) is 0.409. The van der Waals surface area contributed by atoms with E-state index in [2.05, 4.69) is 19.2 Å². The molecule has 2 aromatic carbocycles. The van der Waals surface area contributed by atoms with Crippen LogP contribution >= 0.6 is 0 Å². The molecule has 29 heavy (non-hydrogen) atoms. The fourth-order valence-corrected chi connectivity index (χ4v) is 4.14. The predicted molar refractivity (Wildman–Crippen MR) is 115 cm³/mol. The number of hydrogen-bond acceptors (Lipinski definition) is 3. The Bertz CT molecular complexity index is 884. The number of sulfonamides is 1. The molecule has 0 heterocycles. The van der Waals surface area contributed by atoms with Crippen molar-refractivity contribution in [1.29, 1.82) is 0 Å². The van der Waals surface area contributed by atoms with Gasteiger partial charge in [-0.05, 0) is 48.6 Å². The molecule has 7 heteroatoms. The van der Waals surface area contributed by atoms with E-state index in [4.69, 9.17) is 0 Å². The maximum atomic E-state index is 13.1. The summed E-state index contributed by atoms with van der Waals surface area (Å²) in [4.78, 5) is 12.5. The van der Waals surface area contributed by atoms with Crippen LogP contribution < -0.4 is 9.62 Å². The van der Waals surface area contributed by atoms with Crippen molar-refractivity contribution in [2.45, 2.75) is 39.2 Å². The highest BCUT2D eigenvalue weighted by molar-refractivity contribution is 7.92. The third-order valence-electron chi connectivity index (χ3n) is 4.52. The number of rotatable bonds is 10. The van der Waals surface area contributed by atoms with Gasteiger partial charge >= 0.3 is 0 Å². The molecule has 0 aromatic heterocycles. The van der Waals surface area contributed by atoms with Gasteiger partial charge in [-0.15, -0.1) is 0 Å². The summed E-state index contributed by atoms with van der Waals surface area (Å²) in [6.07, 6.45) is 2.49. The van der Waals surface area contributed by atoms with Crippen molar-refractivity contribution >= 4 is 21.6 Å². The van der Waals surface area contributed by atoms with Crippen molar-refractivity contribution in [3.05, 3.63) is 66.0 Å². The summed E-state index contributed by atoms with van der Waals surface area (Å²) in [5, 5.41) is 3.07. The minimum Gasteiger partial charge on any atom is -0.349 e. The molecule has 5 nitrogen and oxygen atoms in total. The minimum absolute atomic E-state index is 0.0770. The molecule has 0 aliphatic heterocycles. The minimum atomic E-state index is -3.53. The molecule has 1 atom stereocenters. The molecule has 2 rings (SSSR count). The van der Waals surface area contributed by atoms with Gasteiger partial charge in [-0.25, -0.2) is 12.8 Å². The first-order valence-corrected chi connectivity index (χ1v) is 11.6.